The third-order valence-corrected chi connectivity index (χ3v) is 4.48. The summed E-state index contributed by atoms with van der Waals surface area (Å²) in [4.78, 5) is 18.0. The molecular weight excluding hydrogens is 248 g/mol. The maximum Gasteiger partial charge on any atom is 0.357 e. The van der Waals surface area contributed by atoms with Crippen LogP contribution in [0.2, 0.25) is 0 Å². The van der Waals surface area contributed by atoms with Crippen LogP contribution >= 0.6 is 11.3 Å². The summed E-state index contributed by atoms with van der Waals surface area (Å²) in [5.41, 5.74) is 0.425. The standard InChI is InChI=1S/C13H20N2O2S/c1-3-10-5-4-7-15(8-6-10)13-14-11(9-18-13)12(16)17-2/h9-10H,3-8H2,1-2H3. The molecule has 0 spiro atoms. The topological polar surface area (TPSA) is 42.4 Å². The average Bonchev–Trinajstić information content (AvgIpc) is 2.76. The minimum absolute atomic E-state index is 0.348. The molecule has 0 aliphatic carbocycles. The van der Waals surface area contributed by atoms with Gasteiger partial charge in [0, 0.05) is 18.5 Å². The molecule has 4 nitrogen and oxygen atoms in total. The van der Waals surface area contributed by atoms with E-state index in [2.05, 4.69) is 21.5 Å². The summed E-state index contributed by atoms with van der Waals surface area (Å²) in [6.45, 7) is 4.36. The lowest BCUT2D eigenvalue weighted by Crippen LogP contribution is -2.24. The number of esters is 1. The predicted octanol–water partition coefficient (Wildman–Crippen LogP) is 2.95. The molecule has 18 heavy (non-hydrogen) atoms. The van der Waals surface area contributed by atoms with Crippen molar-refractivity contribution >= 4 is 22.4 Å². The third-order valence-electron chi connectivity index (χ3n) is 3.58. The van der Waals surface area contributed by atoms with Crippen molar-refractivity contribution in [2.24, 2.45) is 5.92 Å². The van der Waals surface area contributed by atoms with Crippen LogP contribution in [0.1, 0.15) is 43.1 Å². The monoisotopic (exact) mass is 268 g/mol. The molecule has 0 saturated carbocycles. The van der Waals surface area contributed by atoms with Gasteiger partial charge in [0.2, 0.25) is 0 Å². The number of carbonyl (C=O) groups excluding carboxylic acids is 1. The summed E-state index contributed by atoms with van der Waals surface area (Å²) in [6.07, 6.45) is 5.01. The maximum absolute atomic E-state index is 11.4. The Morgan fingerprint density at radius 2 is 2.39 bits per heavy atom. The highest BCUT2D eigenvalue weighted by Crippen LogP contribution is 2.26. The molecule has 0 bridgehead atoms. The molecule has 100 valence electrons. The van der Waals surface area contributed by atoms with Crippen LogP contribution in [0.15, 0.2) is 5.38 Å². The summed E-state index contributed by atoms with van der Waals surface area (Å²) in [5, 5.41) is 2.73. The van der Waals surface area contributed by atoms with Crippen molar-refractivity contribution in [3.63, 3.8) is 0 Å². The van der Waals surface area contributed by atoms with Crippen LogP contribution in [0.5, 0.6) is 0 Å². The lowest BCUT2D eigenvalue weighted by atomic mass is 9.98. The average molecular weight is 268 g/mol. The van der Waals surface area contributed by atoms with Gasteiger partial charge in [-0.3, -0.25) is 0 Å². The molecule has 2 heterocycles. The number of hydrogen-bond donors (Lipinski definition) is 0. The van der Waals surface area contributed by atoms with Crippen molar-refractivity contribution < 1.29 is 9.53 Å². The minimum Gasteiger partial charge on any atom is -0.464 e. The fraction of sp³-hybridized carbons (Fsp3) is 0.692. The Morgan fingerprint density at radius 3 is 3.11 bits per heavy atom. The highest BCUT2D eigenvalue weighted by Gasteiger charge is 2.19. The zero-order valence-electron chi connectivity index (χ0n) is 11.0. The van der Waals surface area contributed by atoms with Gasteiger partial charge in [-0.15, -0.1) is 11.3 Å². The summed E-state index contributed by atoms with van der Waals surface area (Å²) in [6, 6.07) is 0. The highest BCUT2D eigenvalue weighted by molar-refractivity contribution is 7.13. The van der Waals surface area contributed by atoms with Crippen LogP contribution in [0, 0.1) is 5.92 Å². The quantitative estimate of drug-likeness (QED) is 0.790. The van der Waals surface area contributed by atoms with Crippen molar-refractivity contribution in [3.05, 3.63) is 11.1 Å². The number of anilines is 1. The number of carbonyl (C=O) groups is 1. The van der Waals surface area contributed by atoms with E-state index in [4.69, 9.17) is 0 Å². The molecule has 1 fully saturated rings. The normalized spacial score (nSPS) is 20.6. The van der Waals surface area contributed by atoms with Crippen LogP contribution in [0.25, 0.3) is 0 Å². The van der Waals surface area contributed by atoms with Gasteiger partial charge in [-0.1, -0.05) is 13.3 Å². The second-order valence-electron chi connectivity index (χ2n) is 4.70. The molecule has 1 aromatic heterocycles. The first-order chi connectivity index (χ1) is 8.74. The molecule has 1 aliphatic heterocycles. The Kier molecular flexibility index (Phi) is 4.58. The second kappa shape index (κ2) is 6.18. The van der Waals surface area contributed by atoms with E-state index < -0.39 is 0 Å². The largest absolute Gasteiger partial charge is 0.464 e. The molecule has 0 aromatic carbocycles. The fourth-order valence-electron chi connectivity index (χ4n) is 2.37. The molecular formula is C13H20N2O2S. The van der Waals surface area contributed by atoms with E-state index in [0.29, 0.717) is 5.69 Å². The van der Waals surface area contributed by atoms with Gasteiger partial charge in [-0.05, 0) is 25.2 Å². The number of aromatic nitrogens is 1. The molecule has 5 heteroatoms. The first-order valence-corrected chi connectivity index (χ1v) is 7.41. The molecule has 1 unspecified atom stereocenters. The zero-order valence-corrected chi connectivity index (χ0v) is 11.8. The van der Waals surface area contributed by atoms with Gasteiger partial charge in [-0.25, -0.2) is 9.78 Å². The van der Waals surface area contributed by atoms with Gasteiger partial charge >= 0.3 is 5.97 Å². The number of hydrogen-bond acceptors (Lipinski definition) is 5. The maximum atomic E-state index is 11.4. The molecule has 0 amide bonds. The van der Waals surface area contributed by atoms with Crippen molar-refractivity contribution in [1.29, 1.82) is 0 Å². The van der Waals surface area contributed by atoms with E-state index in [0.717, 1.165) is 24.1 Å². The first kappa shape index (κ1) is 13.3. The van der Waals surface area contributed by atoms with Gasteiger partial charge in [0.1, 0.15) is 0 Å². The Labute approximate surface area is 112 Å². The first-order valence-electron chi connectivity index (χ1n) is 6.53. The van der Waals surface area contributed by atoms with E-state index >= 15 is 0 Å². The Bertz CT molecular complexity index is 405. The highest BCUT2D eigenvalue weighted by atomic mass is 32.1. The summed E-state index contributed by atoms with van der Waals surface area (Å²) in [7, 11) is 1.39. The van der Waals surface area contributed by atoms with Crippen LogP contribution in [-0.4, -0.2) is 31.2 Å². The lowest BCUT2D eigenvalue weighted by molar-refractivity contribution is 0.0595. The number of thiazole rings is 1. The van der Waals surface area contributed by atoms with Crippen molar-refractivity contribution in [3.8, 4) is 0 Å². The molecule has 1 atom stereocenters. The Hall–Kier alpha value is -1.10. The van der Waals surface area contributed by atoms with E-state index in [-0.39, 0.29) is 5.97 Å². The van der Waals surface area contributed by atoms with Crippen LogP contribution in [-0.2, 0) is 4.74 Å². The second-order valence-corrected chi connectivity index (χ2v) is 5.54. The third kappa shape index (κ3) is 3.02. The number of methoxy groups -OCH3 is 1. The summed E-state index contributed by atoms with van der Waals surface area (Å²) >= 11 is 1.53. The van der Waals surface area contributed by atoms with Gasteiger partial charge in [0.05, 0.1) is 7.11 Å². The lowest BCUT2D eigenvalue weighted by Gasteiger charge is -2.19. The van der Waals surface area contributed by atoms with E-state index in [1.807, 2.05) is 0 Å². The SMILES string of the molecule is CCC1CCCN(c2nc(C(=O)OC)cs2)CC1. The van der Waals surface area contributed by atoms with Crippen molar-refractivity contribution in [1.82, 2.24) is 4.98 Å². The molecule has 2 rings (SSSR count). The molecule has 1 aliphatic rings. The fourth-order valence-corrected chi connectivity index (χ4v) is 3.22. The molecule has 1 aromatic rings. The molecule has 1 saturated heterocycles. The molecule has 0 radical (unpaired) electrons. The van der Waals surface area contributed by atoms with E-state index in [1.165, 1.54) is 44.1 Å². The van der Waals surface area contributed by atoms with Gasteiger partial charge in [-0.2, -0.15) is 0 Å². The predicted molar refractivity (Wildman–Crippen MR) is 73.3 cm³/mol. The van der Waals surface area contributed by atoms with Crippen LogP contribution < -0.4 is 4.90 Å². The Morgan fingerprint density at radius 1 is 1.56 bits per heavy atom. The summed E-state index contributed by atoms with van der Waals surface area (Å²) in [5.74, 6) is 0.494. The minimum atomic E-state index is -0.348. The van der Waals surface area contributed by atoms with Crippen LogP contribution in [0.3, 0.4) is 0 Å². The van der Waals surface area contributed by atoms with Gasteiger partial charge in [0.25, 0.3) is 0 Å². The van der Waals surface area contributed by atoms with Crippen molar-refractivity contribution in [2.45, 2.75) is 32.6 Å². The van der Waals surface area contributed by atoms with Gasteiger partial charge in [0.15, 0.2) is 10.8 Å². The number of nitrogens with zero attached hydrogens (tertiary/aromatic N) is 2. The van der Waals surface area contributed by atoms with Crippen molar-refractivity contribution in [2.75, 3.05) is 25.1 Å². The smallest absolute Gasteiger partial charge is 0.357 e. The molecule has 0 N–H and O–H groups in total. The van der Waals surface area contributed by atoms with E-state index in [9.17, 15) is 4.79 Å². The van der Waals surface area contributed by atoms with E-state index in [1.54, 1.807) is 5.38 Å². The number of ether oxygens (including phenoxy) is 1. The van der Waals surface area contributed by atoms with Gasteiger partial charge < -0.3 is 9.64 Å². The number of rotatable bonds is 3. The zero-order chi connectivity index (χ0) is 13.0. The van der Waals surface area contributed by atoms with Crippen LogP contribution in [0.4, 0.5) is 5.13 Å². The summed E-state index contributed by atoms with van der Waals surface area (Å²) < 4.78 is 4.68. The Balaban J connectivity index is 2.02.